The molecule has 1 rings (SSSR count). The van der Waals surface area contributed by atoms with Gasteiger partial charge in [0.2, 0.25) is 0 Å². The molecule has 1 heteroatoms. The molecular formula is C11H20O. The van der Waals surface area contributed by atoms with Crippen molar-refractivity contribution in [3.8, 4) is 0 Å². The molecule has 1 heterocycles. The summed E-state index contributed by atoms with van der Waals surface area (Å²) in [6.45, 7) is 6.59. The molecule has 0 aliphatic carbocycles. The lowest BCUT2D eigenvalue weighted by Gasteiger charge is -2.25. The van der Waals surface area contributed by atoms with Crippen LogP contribution >= 0.6 is 0 Å². The van der Waals surface area contributed by atoms with Crippen molar-refractivity contribution in [1.82, 2.24) is 0 Å². The van der Waals surface area contributed by atoms with Crippen molar-refractivity contribution in [1.29, 1.82) is 0 Å². The maximum atomic E-state index is 5.78. The fraction of sp³-hybridized carbons (Fsp3) is 0.818. The minimum Gasteiger partial charge on any atom is -0.371 e. The lowest BCUT2D eigenvalue weighted by Crippen LogP contribution is -2.23. The van der Waals surface area contributed by atoms with E-state index in [4.69, 9.17) is 4.74 Å². The van der Waals surface area contributed by atoms with E-state index >= 15 is 0 Å². The highest BCUT2D eigenvalue weighted by Gasteiger charge is 2.16. The molecule has 0 radical (unpaired) electrons. The predicted molar refractivity (Wildman–Crippen MR) is 52.2 cm³/mol. The number of ether oxygens (including phenoxy) is 1. The van der Waals surface area contributed by atoms with Gasteiger partial charge in [-0.25, -0.2) is 0 Å². The SMILES string of the molecule is CCCC[C@H]1C=C(C)C[C@H](C)O1. The molecule has 2 atom stereocenters. The molecule has 0 saturated carbocycles. The largest absolute Gasteiger partial charge is 0.371 e. The van der Waals surface area contributed by atoms with Gasteiger partial charge in [0.05, 0.1) is 12.2 Å². The highest BCUT2D eigenvalue weighted by Crippen LogP contribution is 2.21. The zero-order chi connectivity index (χ0) is 8.97. The minimum atomic E-state index is 0.397. The van der Waals surface area contributed by atoms with Gasteiger partial charge in [0, 0.05) is 0 Å². The molecule has 12 heavy (non-hydrogen) atoms. The second-order valence-corrected chi connectivity index (χ2v) is 3.84. The van der Waals surface area contributed by atoms with Gasteiger partial charge < -0.3 is 4.74 Å². The molecule has 0 bridgehead atoms. The van der Waals surface area contributed by atoms with Crippen LogP contribution in [-0.4, -0.2) is 12.2 Å². The summed E-state index contributed by atoms with van der Waals surface area (Å²) in [5.74, 6) is 0. The molecule has 0 aromatic heterocycles. The van der Waals surface area contributed by atoms with Crippen molar-refractivity contribution in [3.05, 3.63) is 11.6 Å². The van der Waals surface area contributed by atoms with Crippen molar-refractivity contribution in [2.45, 2.75) is 58.7 Å². The Kier molecular flexibility index (Phi) is 3.80. The van der Waals surface area contributed by atoms with E-state index in [0.717, 1.165) is 6.42 Å². The Bertz CT molecular complexity index is 160. The summed E-state index contributed by atoms with van der Waals surface area (Å²) in [5.41, 5.74) is 1.50. The Hall–Kier alpha value is -0.300. The summed E-state index contributed by atoms with van der Waals surface area (Å²) in [4.78, 5) is 0. The second-order valence-electron chi connectivity index (χ2n) is 3.84. The molecule has 0 aromatic rings. The Labute approximate surface area is 75.8 Å². The summed E-state index contributed by atoms with van der Waals surface area (Å²) in [6.07, 6.45) is 7.96. The third kappa shape index (κ3) is 2.98. The van der Waals surface area contributed by atoms with Crippen LogP contribution in [0.4, 0.5) is 0 Å². The molecule has 70 valence electrons. The average molecular weight is 168 g/mol. The highest BCUT2D eigenvalue weighted by molar-refractivity contribution is 5.06. The van der Waals surface area contributed by atoms with Gasteiger partial charge in [0.25, 0.3) is 0 Å². The van der Waals surface area contributed by atoms with E-state index in [1.54, 1.807) is 0 Å². The number of unbranched alkanes of at least 4 members (excludes halogenated alkanes) is 1. The Morgan fingerprint density at radius 2 is 2.33 bits per heavy atom. The molecule has 1 aliphatic rings. The van der Waals surface area contributed by atoms with Crippen LogP contribution in [0.1, 0.15) is 46.5 Å². The summed E-state index contributed by atoms with van der Waals surface area (Å²) in [7, 11) is 0. The van der Waals surface area contributed by atoms with Crippen LogP contribution < -0.4 is 0 Å². The lowest BCUT2D eigenvalue weighted by molar-refractivity contribution is 0.00941. The Morgan fingerprint density at radius 1 is 1.58 bits per heavy atom. The molecule has 0 unspecified atom stereocenters. The van der Waals surface area contributed by atoms with Crippen LogP contribution in [0.15, 0.2) is 11.6 Å². The molecule has 0 spiro atoms. The smallest absolute Gasteiger partial charge is 0.0762 e. The number of hydrogen-bond donors (Lipinski definition) is 0. The highest BCUT2D eigenvalue weighted by atomic mass is 16.5. The van der Waals surface area contributed by atoms with E-state index in [2.05, 4.69) is 26.8 Å². The van der Waals surface area contributed by atoms with E-state index in [9.17, 15) is 0 Å². The third-order valence-corrected chi connectivity index (χ3v) is 2.33. The molecular weight excluding hydrogens is 148 g/mol. The van der Waals surface area contributed by atoms with Crippen molar-refractivity contribution < 1.29 is 4.74 Å². The molecule has 1 nitrogen and oxygen atoms in total. The van der Waals surface area contributed by atoms with Crippen LogP contribution in [-0.2, 0) is 4.74 Å². The van der Waals surface area contributed by atoms with Crippen molar-refractivity contribution in [2.24, 2.45) is 0 Å². The van der Waals surface area contributed by atoms with Crippen LogP contribution in [0.3, 0.4) is 0 Å². The first-order valence-electron chi connectivity index (χ1n) is 5.05. The van der Waals surface area contributed by atoms with Crippen LogP contribution in [0, 0.1) is 0 Å². The first-order chi connectivity index (χ1) is 5.72. The van der Waals surface area contributed by atoms with Gasteiger partial charge in [-0.15, -0.1) is 0 Å². The summed E-state index contributed by atoms with van der Waals surface area (Å²) >= 11 is 0. The monoisotopic (exact) mass is 168 g/mol. The average Bonchev–Trinajstić information content (AvgIpc) is 1.99. The lowest BCUT2D eigenvalue weighted by atomic mass is 10.0. The second kappa shape index (κ2) is 4.66. The standard InChI is InChI=1S/C11H20O/c1-4-5-6-11-8-9(2)7-10(3)12-11/h8,10-11H,4-7H2,1-3H3/t10-,11-/m0/s1. The first kappa shape index (κ1) is 9.79. The zero-order valence-electron chi connectivity index (χ0n) is 8.47. The van der Waals surface area contributed by atoms with Gasteiger partial charge in [0.1, 0.15) is 0 Å². The normalized spacial score (nSPS) is 30.1. The van der Waals surface area contributed by atoms with Crippen molar-refractivity contribution >= 4 is 0 Å². The van der Waals surface area contributed by atoms with E-state index in [1.807, 2.05) is 0 Å². The van der Waals surface area contributed by atoms with Gasteiger partial charge in [-0.05, 0) is 26.7 Å². The number of hydrogen-bond acceptors (Lipinski definition) is 1. The maximum Gasteiger partial charge on any atom is 0.0762 e. The molecule has 0 amide bonds. The quantitative estimate of drug-likeness (QED) is 0.587. The van der Waals surface area contributed by atoms with Gasteiger partial charge in [-0.2, -0.15) is 0 Å². The molecule has 0 aromatic carbocycles. The van der Waals surface area contributed by atoms with Crippen LogP contribution in [0.5, 0.6) is 0 Å². The van der Waals surface area contributed by atoms with Gasteiger partial charge in [-0.1, -0.05) is 31.4 Å². The zero-order valence-corrected chi connectivity index (χ0v) is 8.47. The summed E-state index contributed by atoms with van der Waals surface area (Å²) in [5, 5.41) is 0. The van der Waals surface area contributed by atoms with Gasteiger partial charge in [0.15, 0.2) is 0 Å². The fourth-order valence-corrected chi connectivity index (χ4v) is 1.78. The van der Waals surface area contributed by atoms with Crippen molar-refractivity contribution in [3.63, 3.8) is 0 Å². The molecule has 0 fully saturated rings. The van der Waals surface area contributed by atoms with Crippen molar-refractivity contribution in [2.75, 3.05) is 0 Å². The van der Waals surface area contributed by atoms with E-state index in [-0.39, 0.29) is 0 Å². The van der Waals surface area contributed by atoms with E-state index in [1.165, 1.54) is 24.8 Å². The van der Waals surface area contributed by atoms with E-state index < -0.39 is 0 Å². The third-order valence-electron chi connectivity index (χ3n) is 2.33. The Balaban J connectivity index is 2.38. The maximum absolute atomic E-state index is 5.78. The fourth-order valence-electron chi connectivity index (χ4n) is 1.78. The molecule has 0 saturated heterocycles. The topological polar surface area (TPSA) is 9.23 Å². The summed E-state index contributed by atoms with van der Waals surface area (Å²) < 4.78 is 5.78. The minimum absolute atomic E-state index is 0.397. The summed E-state index contributed by atoms with van der Waals surface area (Å²) in [6, 6.07) is 0. The van der Waals surface area contributed by atoms with Crippen LogP contribution in [0.2, 0.25) is 0 Å². The van der Waals surface area contributed by atoms with Gasteiger partial charge >= 0.3 is 0 Å². The van der Waals surface area contributed by atoms with Crippen LogP contribution in [0.25, 0.3) is 0 Å². The first-order valence-corrected chi connectivity index (χ1v) is 5.05. The predicted octanol–water partition coefficient (Wildman–Crippen LogP) is 3.30. The molecule has 0 N–H and O–H groups in total. The molecule has 1 aliphatic heterocycles. The Morgan fingerprint density at radius 3 is 2.92 bits per heavy atom. The van der Waals surface area contributed by atoms with Gasteiger partial charge in [-0.3, -0.25) is 0 Å². The number of rotatable bonds is 3. The van der Waals surface area contributed by atoms with E-state index in [0.29, 0.717) is 12.2 Å².